The van der Waals surface area contributed by atoms with Crippen LogP contribution < -0.4 is 0 Å². The third-order valence-electron chi connectivity index (χ3n) is 12.0. The molecule has 0 unspecified atom stereocenters. The summed E-state index contributed by atoms with van der Waals surface area (Å²) < 4.78 is 23.4. The van der Waals surface area contributed by atoms with Gasteiger partial charge in [-0.15, -0.1) is 0 Å². The van der Waals surface area contributed by atoms with Crippen LogP contribution in [0.25, 0.3) is 11.0 Å². The molecule has 0 amide bonds. The van der Waals surface area contributed by atoms with Gasteiger partial charge in [0.25, 0.3) is 0 Å². The first kappa shape index (κ1) is 41.3. The number of nitrogens with zero attached hydrogens (tertiary/aromatic N) is 2. The van der Waals surface area contributed by atoms with E-state index in [2.05, 4.69) is 97.4 Å². The Morgan fingerprint density at radius 2 is 1.51 bits per heavy atom. The van der Waals surface area contributed by atoms with Gasteiger partial charge in [-0.2, -0.15) is 0 Å². The molecular formula is C40H68N2O5Si2. The highest BCUT2D eigenvalue weighted by atomic mass is 28.4. The zero-order chi connectivity index (χ0) is 37.4. The van der Waals surface area contributed by atoms with Gasteiger partial charge in [0, 0.05) is 19.4 Å². The predicted octanol–water partition coefficient (Wildman–Crippen LogP) is 11.0. The van der Waals surface area contributed by atoms with Crippen molar-refractivity contribution in [3.05, 3.63) is 41.7 Å². The highest BCUT2D eigenvalue weighted by Gasteiger charge is 2.61. The lowest BCUT2D eigenvalue weighted by molar-refractivity contribution is -0.219. The maximum atomic E-state index is 14.8. The first-order valence-electron chi connectivity index (χ1n) is 18.5. The average Bonchev–Trinajstić information content (AvgIpc) is 3.23. The van der Waals surface area contributed by atoms with Crippen LogP contribution in [0.2, 0.25) is 36.3 Å². The minimum Gasteiger partial charge on any atom is -0.457 e. The number of cyclic esters (lactones) is 1. The van der Waals surface area contributed by atoms with Crippen LogP contribution in [0, 0.1) is 24.2 Å². The molecule has 1 aromatic heterocycles. The van der Waals surface area contributed by atoms with Crippen LogP contribution in [0.5, 0.6) is 0 Å². The van der Waals surface area contributed by atoms with Crippen LogP contribution in [0.4, 0.5) is 0 Å². The lowest BCUT2D eigenvalue weighted by Crippen LogP contribution is -2.65. The second-order valence-corrected chi connectivity index (χ2v) is 27.9. The lowest BCUT2D eigenvalue weighted by Gasteiger charge is -2.55. The van der Waals surface area contributed by atoms with E-state index >= 15 is 0 Å². The van der Waals surface area contributed by atoms with Gasteiger partial charge in [0.15, 0.2) is 22.4 Å². The van der Waals surface area contributed by atoms with E-state index in [-0.39, 0.29) is 28.2 Å². The summed E-state index contributed by atoms with van der Waals surface area (Å²) in [6, 6.07) is 6.13. The molecule has 2 aromatic rings. The molecule has 0 saturated heterocycles. The van der Waals surface area contributed by atoms with Crippen molar-refractivity contribution in [2.45, 2.75) is 163 Å². The Balaban J connectivity index is 2.26. The molecule has 49 heavy (non-hydrogen) atoms. The summed E-state index contributed by atoms with van der Waals surface area (Å²) in [4.78, 5) is 34.2. The first-order chi connectivity index (χ1) is 22.2. The van der Waals surface area contributed by atoms with E-state index in [0.29, 0.717) is 12.3 Å². The van der Waals surface area contributed by atoms with Gasteiger partial charge in [0.05, 0.1) is 22.9 Å². The summed E-state index contributed by atoms with van der Waals surface area (Å²) in [5.74, 6) is -0.793. The average molecular weight is 713 g/mol. The number of carbonyl (C=O) groups excluding carboxylic acids is 2. The number of imidazole rings is 1. The highest BCUT2D eigenvalue weighted by molar-refractivity contribution is 6.75. The molecule has 7 nitrogen and oxygen atoms in total. The van der Waals surface area contributed by atoms with Gasteiger partial charge in [-0.25, -0.2) is 4.98 Å². The minimum absolute atomic E-state index is 0.0732. The van der Waals surface area contributed by atoms with Crippen molar-refractivity contribution < 1.29 is 23.2 Å². The number of hydrogen-bond acceptors (Lipinski definition) is 6. The number of carbonyl (C=O) groups is 2. The van der Waals surface area contributed by atoms with Crippen molar-refractivity contribution in [1.29, 1.82) is 0 Å². The molecule has 0 N–H and O–H groups in total. The van der Waals surface area contributed by atoms with Gasteiger partial charge >= 0.3 is 5.97 Å². The topological polar surface area (TPSA) is 79.7 Å². The molecule has 0 radical (unpaired) electrons. The number of allylic oxidation sites excluding steroid dienone is 1. The van der Waals surface area contributed by atoms with Crippen LogP contribution in [0.3, 0.4) is 0 Å². The maximum absolute atomic E-state index is 14.8. The van der Waals surface area contributed by atoms with Gasteiger partial charge < -0.3 is 18.2 Å². The summed E-state index contributed by atoms with van der Waals surface area (Å²) in [5, 5.41) is -0.391. The quantitative estimate of drug-likeness (QED) is 0.133. The normalized spacial score (nSPS) is 24.5. The molecule has 1 aliphatic rings. The predicted molar refractivity (Wildman–Crippen MR) is 208 cm³/mol. The SMILES string of the molecule is Cc1nc2cc([C@@H]3C/C=C/CCC[C@H](C)C[C@@H](C)C(=O)C(C)(C)C(O[Si](C)(C)C(C)(C)C)(O[Si](C)(C)C(C)(C)C)CC(=O)O3)ccc2n1C. The lowest BCUT2D eigenvalue weighted by atomic mass is 9.72. The largest absolute Gasteiger partial charge is 0.457 e. The number of fused-ring (bicyclic) bond motifs is 1. The van der Waals surface area contributed by atoms with Crippen molar-refractivity contribution in [2.24, 2.45) is 24.3 Å². The molecular weight excluding hydrogens is 645 g/mol. The van der Waals surface area contributed by atoms with Crippen LogP contribution in [0.15, 0.2) is 30.4 Å². The fourth-order valence-electron chi connectivity index (χ4n) is 6.43. The molecule has 9 heteroatoms. The van der Waals surface area contributed by atoms with Crippen molar-refractivity contribution in [2.75, 3.05) is 0 Å². The van der Waals surface area contributed by atoms with Crippen LogP contribution in [-0.4, -0.2) is 43.7 Å². The zero-order valence-corrected chi connectivity index (χ0v) is 35.8. The summed E-state index contributed by atoms with van der Waals surface area (Å²) in [6.45, 7) is 32.0. The third kappa shape index (κ3) is 9.24. The number of rotatable bonds is 5. The second kappa shape index (κ2) is 14.9. The molecule has 0 fully saturated rings. The van der Waals surface area contributed by atoms with Crippen LogP contribution >= 0.6 is 0 Å². The molecule has 0 bridgehead atoms. The van der Waals surface area contributed by atoms with E-state index in [1.54, 1.807) is 0 Å². The number of esters is 1. The Kier molecular flexibility index (Phi) is 12.6. The Bertz CT molecular complexity index is 1480. The fourth-order valence-corrected chi connectivity index (χ4v) is 9.52. The standard InChI is InChI=1S/C40H68N2O5Si2/c1-28-21-19-17-18-20-22-34(31-23-24-33-32(26-31)41-30(3)42(33)12)45-35(43)27-40(46-48(13,14)37(4,5)6,47-49(15,16)38(7,8)9)39(10,11)36(44)29(2)25-28/h18,20,23-24,26,28-29,34H,17,19,21-22,25,27H2,1-16H3/b20-18+/t28-,29+,34-/m0/s1. The van der Waals surface area contributed by atoms with E-state index in [9.17, 15) is 9.59 Å². The minimum atomic E-state index is -2.63. The van der Waals surface area contributed by atoms with Gasteiger partial charge in [0.2, 0.25) is 0 Å². The van der Waals surface area contributed by atoms with E-state index in [1.165, 1.54) is 0 Å². The number of Topliss-reactive ketones (excluding diaryl/α,β-unsaturated/α-hetero) is 1. The third-order valence-corrected chi connectivity index (χ3v) is 20.9. The van der Waals surface area contributed by atoms with E-state index in [1.807, 2.05) is 46.9 Å². The monoisotopic (exact) mass is 712 g/mol. The van der Waals surface area contributed by atoms with Crippen molar-refractivity contribution in [3.63, 3.8) is 0 Å². The van der Waals surface area contributed by atoms with E-state index < -0.39 is 39.9 Å². The van der Waals surface area contributed by atoms with E-state index in [4.69, 9.17) is 18.6 Å². The van der Waals surface area contributed by atoms with E-state index in [0.717, 1.165) is 48.1 Å². The Labute approximate surface area is 300 Å². The molecule has 1 aromatic carbocycles. The molecule has 0 aliphatic carbocycles. The summed E-state index contributed by atoms with van der Waals surface area (Å²) in [7, 11) is -3.25. The second-order valence-electron chi connectivity index (χ2n) is 18.5. The maximum Gasteiger partial charge on any atom is 0.311 e. The highest BCUT2D eigenvalue weighted by Crippen LogP contribution is 2.52. The number of aryl methyl sites for hydroxylation is 2. The number of hydrogen-bond donors (Lipinski definition) is 0. The zero-order valence-electron chi connectivity index (χ0n) is 33.8. The first-order valence-corrected chi connectivity index (χ1v) is 24.3. The van der Waals surface area contributed by atoms with Crippen molar-refractivity contribution in [3.8, 4) is 0 Å². The Hall–Kier alpha value is -2.08. The van der Waals surface area contributed by atoms with Crippen molar-refractivity contribution in [1.82, 2.24) is 9.55 Å². The summed E-state index contributed by atoms with van der Waals surface area (Å²) >= 11 is 0. The fraction of sp³-hybridized carbons (Fsp3) is 0.725. The molecule has 0 spiro atoms. The molecule has 276 valence electrons. The summed E-state index contributed by atoms with van der Waals surface area (Å²) in [5.41, 5.74) is 1.65. The molecule has 0 saturated carbocycles. The molecule has 2 heterocycles. The molecule has 3 rings (SSSR count). The number of aromatic nitrogens is 2. The van der Waals surface area contributed by atoms with Crippen molar-refractivity contribution >= 4 is 39.4 Å². The smallest absolute Gasteiger partial charge is 0.311 e. The number of benzene rings is 1. The van der Waals surface area contributed by atoms with Gasteiger partial charge in [-0.05, 0) is 99.9 Å². The van der Waals surface area contributed by atoms with Crippen LogP contribution in [-0.2, 0) is 30.2 Å². The Morgan fingerprint density at radius 1 is 0.939 bits per heavy atom. The molecule has 1 aliphatic heterocycles. The summed E-state index contributed by atoms with van der Waals surface area (Å²) in [6.07, 6.45) is 7.98. The van der Waals surface area contributed by atoms with Crippen LogP contribution in [0.1, 0.15) is 125 Å². The molecule has 3 atom stereocenters. The number of ether oxygens (including phenoxy) is 1. The van der Waals surface area contributed by atoms with Gasteiger partial charge in [-0.3, -0.25) is 9.59 Å². The van der Waals surface area contributed by atoms with Gasteiger partial charge in [0.1, 0.15) is 17.7 Å². The Morgan fingerprint density at radius 3 is 2.06 bits per heavy atom. The van der Waals surface area contributed by atoms with Gasteiger partial charge in [-0.1, -0.05) is 80.0 Å². The number of ketones is 1.